The normalized spacial score (nSPS) is 26.1. The Balaban J connectivity index is 1.55. The molecule has 4 nitrogen and oxygen atoms in total. The van der Waals surface area contributed by atoms with E-state index in [0.29, 0.717) is 6.10 Å². The molecule has 106 valence electrons. The quantitative estimate of drug-likeness (QED) is 0.907. The number of nitrogens with zero attached hydrogens (tertiary/aromatic N) is 2. The summed E-state index contributed by atoms with van der Waals surface area (Å²) in [6.45, 7) is 1.74. The average molecular weight is 263 g/mol. The predicted molar refractivity (Wildman–Crippen MR) is 74.9 cm³/mol. The van der Waals surface area contributed by atoms with Gasteiger partial charge in [0.15, 0.2) is 0 Å². The highest BCUT2D eigenvalue weighted by Gasteiger charge is 2.40. The van der Waals surface area contributed by atoms with Crippen LogP contribution >= 0.6 is 0 Å². The fraction of sp³-hybridized carbons (Fsp3) is 0.800. The van der Waals surface area contributed by atoms with E-state index in [0.717, 1.165) is 18.8 Å². The lowest BCUT2D eigenvalue weighted by Crippen LogP contribution is -2.32. The van der Waals surface area contributed by atoms with Crippen molar-refractivity contribution >= 4 is 0 Å². The molecule has 1 spiro atoms. The molecule has 1 aliphatic carbocycles. The second kappa shape index (κ2) is 5.63. The zero-order valence-corrected chi connectivity index (χ0v) is 11.9. The molecular formula is C15H25N3O. The van der Waals surface area contributed by atoms with Crippen LogP contribution in [-0.4, -0.2) is 28.5 Å². The molecular weight excluding hydrogens is 238 g/mol. The molecule has 1 aromatic rings. The summed E-state index contributed by atoms with van der Waals surface area (Å²) >= 11 is 0. The molecule has 4 heteroatoms. The van der Waals surface area contributed by atoms with Crippen molar-refractivity contribution in [2.45, 2.75) is 69.7 Å². The smallest absolute Gasteiger partial charge is 0.0779 e. The van der Waals surface area contributed by atoms with Crippen molar-refractivity contribution < 1.29 is 4.74 Å². The predicted octanol–water partition coefficient (Wildman–Crippen LogP) is 2.48. The van der Waals surface area contributed by atoms with E-state index in [1.165, 1.54) is 44.9 Å². The fourth-order valence-corrected chi connectivity index (χ4v) is 3.58. The number of nitrogens with one attached hydrogen (secondary N) is 1. The topological polar surface area (TPSA) is 39.1 Å². The molecule has 2 heterocycles. The summed E-state index contributed by atoms with van der Waals surface area (Å²) in [5, 5.41) is 7.70. The van der Waals surface area contributed by atoms with E-state index in [1.807, 2.05) is 11.7 Å². The Bertz CT molecular complexity index is 409. The number of hydrogen-bond donors (Lipinski definition) is 1. The maximum Gasteiger partial charge on any atom is 0.0779 e. The van der Waals surface area contributed by atoms with E-state index in [4.69, 9.17) is 4.74 Å². The van der Waals surface area contributed by atoms with Crippen LogP contribution < -0.4 is 5.32 Å². The lowest BCUT2D eigenvalue weighted by molar-refractivity contribution is -0.0688. The van der Waals surface area contributed by atoms with Gasteiger partial charge in [0.1, 0.15) is 0 Å². The molecule has 0 amide bonds. The molecule has 0 bridgehead atoms. The van der Waals surface area contributed by atoms with Crippen molar-refractivity contribution in [2.24, 2.45) is 0 Å². The highest BCUT2D eigenvalue weighted by Crippen LogP contribution is 2.42. The monoisotopic (exact) mass is 263 g/mol. The molecule has 1 saturated heterocycles. The largest absolute Gasteiger partial charge is 0.370 e. The molecule has 1 aromatic heterocycles. The zero-order chi connectivity index (χ0) is 13.1. The maximum atomic E-state index is 6.39. The highest BCUT2D eigenvalue weighted by atomic mass is 16.5. The summed E-state index contributed by atoms with van der Waals surface area (Å²) in [6.07, 6.45) is 11.5. The SMILES string of the molecule is CNCc1ccn(CC2CCC3(CCCCC3)O2)n1. The van der Waals surface area contributed by atoms with E-state index >= 15 is 0 Å². The first-order chi connectivity index (χ1) is 9.30. The van der Waals surface area contributed by atoms with Gasteiger partial charge in [0.25, 0.3) is 0 Å². The molecule has 1 aliphatic heterocycles. The van der Waals surface area contributed by atoms with Crippen molar-refractivity contribution in [1.82, 2.24) is 15.1 Å². The third-order valence-corrected chi connectivity index (χ3v) is 4.55. The van der Waals surface area contributed by atoms with Crippen molar-refractivity contribution in [3.63, 3.8) is 0 Å². The molecule has 3 rings (SSSR count). The fourth-order valence-electron chi connectivity index (χ4n) is 3.58. The van der Waals surface area contributed by atoms with Crippen LogP contribution in [0.2, 0.25) is 0 Å². The van der Waals surface area contributed by atoms with Crippen LogP contribution in [0.1, 0.15) is 50.6 Å². The third-order valence-electron chi connectivity index (χ3n) is 4.55. The zero-order valence-electron chi connectivity index (χ0n) is 11.9. The van der Waals surface area contributed by atoms with Crippen LogP contribution in [0.5, 0.6) is 0 Å². The van der Waals surface area contributed by atoms with Crippen LogP contribution in [0, 0.1) is 0 Å². The van der Waals surface area contributed by atoms with Gasteiger partial charge in [0.2, 0.25) is 0 Å². The van der Waals surface area contributed by atoms with Gasteiger partial charge >= 0.3 is 0 Å². The average Bonchev–Trinajstić information content (AvgIpc) is 3.00. The van der Waals surface area contributed by atoms with Gasteiger partial charge in [-0.2, -0.15) is 5.10 Å². The Labute approximate surface area is 115 Å². The first-order valence-corrected chi connectivity index (χ1v) is 7.64. The molecule has 2 fully saturated rings. The molecule has 1 saturated carbocycles. The summed E-state index contributed by atoms with van der Waals surface area (Å²) in [7, 11) is 1.95. The van der Waals surface area contributed by atoms with Crippen LogP contribution in [0.4, 0.5) is 0 Å². The molecule has 1 atom stereocenters. The van der Waals surface area contributed by atoms with E-state index in [-0.39, 0.29) is 5.60 Å². The number of ether oxygens (including phenoxy) is 1. The molecule has 0 aromatic carbocycles. The minimum absolute atomic E-state index is 0.226. The Morgan fingerprint density at radius 1 is 1.37 bits per heavy atom. The summed E-state index contributed by atoms with van der Waals surface area (Å²) in [6, 6.07) is 2.09. The van der Waals surface area contributed by atoms with Gasteiger partial charge in [-0.05, 0) is 38.8 Å². The van der Waals surface area contributed by atoms with Gasteiger partial charge in [-0.25, -0.2) is 0 Å². The van der Waals surface area contributed by atoms with Gasteiger partial charge in [-0.3, -0.25) is 4.68 Å². The second-order valence-electron chi connectivity index (χ2n) is 6.08. The number of rotatable bonds is 4. The summed E-state index contributed by atoms with van der Waals surface area (Å²) in [5.74, 6) is 0. The van der Waals surface area contributed by atoms with E-state index in [1.54, 1.807) is 0 Å². The van der Waals surface area contributed by atoms with Crippen molar-refractivity contribution in [2.75, 3.05) is 7.05 Å². The highest BCUT2D eigenvalue weighted by molar-refractivity contribution is 4.99. The Hall–Kier alpha value is -0.870. The van der Waals surface area contributed by atoms with Gasteiger partial charge < -0.3 is 10.1 Å². The van der Waals surface area contributed by atoms with E-state index in [2.05, 4.69) is 22.7 Å². The minimum atomic E-state index is 0.226. The summed E-state index contributed by atoms with van der Waals surface area (Å²) < 4.78 is 8.43. The van der Waals surface area contributed by atoms with Crippen LogP contribution in [0.25, 0.3) is 0 Å². The molecule has 1 N–H and O–H groups in total. The first-order valence-electron chi connectivity index (χ1n) is 7.64. The first kappa shape index (κ1) is 13.1. The molecule has 2 aliphatic rings. The van der Waals surface area contributed by atoms with Gasteiger partial charge in [-0.1, -0.05) is 19.3 Å². The maximum absolute atomic E-state index is 6.39. The molecule has 1 unspecified atom stereocenters. The molecule has 19 heavy (non-hydrogen) atoms. The summed E-state index contributed by atoms with van der Waals surface area (Å²) in [4.78, 5) is 0. The Morgan fingerprint density at radius 2 is 2.21 bits per heavy atom. The lowest BCUT2D eigenvalue weighted by atomic mass is 9.83. The number of hydrogen-bond acceptors (Lipinski definition) is 3. The van der Waals surface area contributed by atoms with Gasteiger partial charge in [0, 0.05) is 12.7 Å². The van der Waals surface area contributed by atoms with Gasteiger partial charge in [-0.15, -0.1) is 0 Å². The lowest BCUT2D eigenvalue weighted by Gasteiger charge is -2.33. The van der Waals surface area contributed by atoms with Crippen molar-refractivity contribution in [1.29, 1.82) is 0 Å². The van der Waals surface area contributed by atoms with E-state index in [9.17, 15) is 0 Å². The second-order valence-corrected chi connectivity index (χ2v) is 6.08. The minimum Gasteiger partial charge on any atom is -0.370 e. The van der Waals surface area contributed by atoms with Crippen molar-refractivity contribution in [3.8, 4) is 0 Å². The molecule has 0 radical (unpaired) electrons. The van der Waals surface area contributed by atoms with Crippen LogP contribution in [-0.2, 0) is 17.8 Å². The van der Waals surface area contributed by atoms with Crippen LogP contribution in [0.3, 0.4) is 0 Å². The Morgan fingerprint density at radius 3 is 3.00 bits per heavy atom. The third kappa shape index (κ3) is 3.00. The standard InChI is InChI=1S/C15H25N3O/c1-16-11-13-6-10-18(17-13)12-14-5-9-15(19-14)7-3-2-4-8-15/h6,10,14,16H,2-5,7-9,11-12H2,1H3. The number of aromatic nitrogens is 2. The summed E-state index contributed by atoms with van der Waals surface area (Å²) in [5.41, 5.74) is 1.33. The Kier molecular flexibility index (Phi) is 3.89. The van der Waals surface area contributed by atoms with Crippen LogP contribution in [0.15, 0.2) is 12.3 Å². The van der Waals surface area contributed by atoms with Gasteiger partial charge in [0.05, 0.1) is 23.9 Å². The van der Waals surface area contributed by atoms with E-state index < -0.39 is 0 Å². The van der Waals surface area contributed by atoms with Crippen molar-refractivity contribution in [3.05, 3.63) is 18.0 Å².